The number of thiophene rings is 1. The molecule has 0 radical (unpaired) electrons. The van der Waals surface area contributed by atoms with E-state index in [0.717, 1.165) is 43.5 Å². The van der Waals surface area contributed by atoms with Crippen LogP contribution in [-0.4, -0.2) is 48.7 Å². The van der Waals surface area contributed by atoms with Crippen molar-refractivity contribution in [2.45, 2.75) is 13.0 Å². The second-order valence-electron chi connectivity index (χ2n) is 6.48. The molecule has 0 spiro atoms. The van der Waals surface area contributed by atoms with E-state index in [9.17, 15) is 0 Å². The van der Waals surface area contributed by atoms with Gasteiger partial charge in [0.25, 0.3) is 0 Å². The van der Waals surface area contributed by atoms with Crippen LogP contribution in [0.15, 0.2) is 23.6 Å². The first-order valence-corrected chi connectivity index (χ1v) is 9.76. The van der Waals surface area contributed by atoms with Crippen LogP contribution in [0.3, 0.4) is 0 Å². The Morgan fingerprint density at radius 3 is 2.85 bits per heavy atom. The number of fused-ring (bicyclic) bond motifs is 2. The van der Waals surface area contributed by atoms with Crippen LogP contribution in [0, 0.1) is 0 Å². The number of nitrogens with two attached hydrogens (primary N) is 1. The van der Waals surface area contributed by atoms with Crippen LogP contribution in [0.5, 0.6) is 11.5 Å². The number of hydrogen-bond acceptors (Lipinski definition) is 8. The quantitative estimate of drug-likeness (QED) is 0.675. The predicted molar refractivity (Wildman–Crippen MR) is 109 cm³/mol. The summed E-state index contributed by atoms with van der Waals surface area (Å²) in [5.41, 5.74) is 8.31. The number of benzene rings is 1. The van der Waals surface area contributed by atoms with Crippen LogP contribution < -0.4 is 20.5 Å². The molecule has 1 aliphatic rings. The molecule has 2 aromatic heterocycles. The smallest absolute Gasteiger partial charge is 0.225 e. The van der Waals surface area contributed by atoms with E-state index >= 15 is 0 Å². The van der Waals surface area contributed by atoms with Gasteiger partial charge in [-0.2, -0.15) is 4.98 Å². The average Bonchev–Trinajstić information content (AvgIpc) is 3.15. The van der Waals surface area contributed by atoms with Gasteiger partial charge in [-0.25, -0.2) is 4.98 Å². The Morgan fingerprint density at radius 1 is 1.22 bits per heavy atom. The molecule has 1 aliphatic heterocycles. The number of rotatable bonds is 6. The molecule has 0 fully saturated rings. The average molecular weight is 385 g/mol. The topological polar surface area (TPSA) is 85.5 Å². The molecule has 27 heavy (non-hydrogen) atoms. The number of ether oxygens (including phenoxy) is 2. The highest BCUT2D eigenvalue weighted by atomic mass is 32.1. The Morgan fingerprint density at radius 2 is 2.04 bits per heavy atom. The lowest BCUT2D eigenvalue weighted by molar-refractivity contribution is 0.266. The van der Waals surface area contributed by atoms with Crippen LogP contribution >= 0.6 is 11.3 Å². The number of nitrogens with one attached hydrogen (secondary N) is 1. The van der Waals surface area contributed by atoms with Crippen molar-refractivity contribution in [3.8, 4) is 11.5 Å². The van der Waals surface area contributed by atoms with Crippen LogP contribution in [-0.2, 0) is 13.0 Å². The maximum Gasteiger partial charge on any atom is 0.225 e. The van der Waals surface area contributed by atoms with Gasteiger partial charge < -0.3 is 20.5 Å². The molecule has 1 aromatic carbocycles. The number of anilines is 2. The zero-order chi connectivity index (χ0) is 18.8. The third kappa shape index (κ3) is 3.63. The maximum absolute atomic E-state index is 6.13. The molecule has 4 rings (SSSR count). The van der Waals surface area contributed by atoms with Crippen molar-refractivity contribution in [3.05, 3.63) is 34.0 Å². The summed E-state index contributed by atoms with van der Waals surface area (Å²) in [6, 6.07) is 5.86. The van der Waals surface area contributed by atoms with Gasteiger partial charge in [-0.3, -0.25) is 4.90 Å². The molecule has 142 valence electrons. The highest BCUT2D eigenvalue weighted by Gasteiger charge is 2.17. The summed E-state index contributed by atoms with van der Waals surface area (Å²) in [7, 11) is 3.20. The van der Waals surface area contributed by atoms with Gasteiger partial charge >= 0.3 is 0 Å². The number of nitrogens with zero attached hydrogens (tertiary/aromatic N) is 3. The van der Waals surface area contributed by atoms with E-state index < -0.39 is 0 Å². The highest BCUT2D eigenvalue weighted by Crippen LogP contribution is 2.33. The summed E-state index contributed by atoms with van der Waals surface area (Å²) in [6.07, 6.45) is 1.13. The summed E-state index contributed by atoms with van der Waals surface area (Å²) < 4.78 is 10.7. The molecule has 0 atom stereocenters. The summed E-state index contributed by atoms with van der Waals surface area (Å²) in [4.78, 5) is 12.9. The number of methoxy groups -OCH3 is 2. The van der Waals surface area contributed by atoms with Gasteiger partial charge in [-0.1, -0.05) is 0 Å². The molecule has 0 saturated carbocycles. The van der Waals surface area contributed by atoms with Crippen molar-refractivity contribution in [3.63, 3.8) is 0 Å². The maximum atomic E-state index is 6.13. The van der Waals surface area contributed by atoms with Crippen molar-refractivity contribution in [2.75, 3.05) is 44.9 Å². The number of hydrogen-bond donors (Lipinski definition) is 2. The zero-order valence-corrected chi connectivity index (χ0v) is 16.3. The van der Waals surface area contributed by atoms with Crippen molar-refractivity contribution < 1.29 is 9.47 Å². The molecule has 0 aliphatic carbocycles. The van der Waals surface area contributed by atoms with Crippen LogP contribution in [0.25, 0.3) is 10.9 Å². The van der Waals surface area contributed by atoms with E-state index in [1.54, 1.807) is 20.3 Å². The van der Waals surface area contributed by atoms with E-state index in [0.29, 0.717) is 23.3 Å². The minimum absolute atomic E-state index is 0.421. The van der Waals surface area contributed by atoms with Crippen LogP contribution in [0.4, 0.5) is 11.8 Å². The molecule has 3 N–H and O–H groups in total. The number of nitrogen functional groups attached to an aromatic ring is 1. The second kappa shape index (κ2) is 7.58. The molecule has 7 nitrogen and oxygen atoms in total. The molecular weight excluding hydrogens is 362 g/mol. The minimum Gasteiger partial charge on any atom is -0.493 e. The normalized spacial score (nSPS) is 14.1. The van der Waals surface area contributed by atoms with E-state index in [4.69, 9.17) is 15.2 Å². The summed E-state index contributed by atoms with van der Waals surface area (Å²) in [6.45, 7) is 3.80. The number of aromatic nitrogens is 2. The first-order valence-electron chi connectivity index (χ1n) is 8.88. The first kappa shape index (κ1) is 17.8. The van der Waals surface area contributed by atoms with Gasteiger partial charge in [0.2, 0.25) is 5.95 Å². The largest absolute Gasteiger partial charge is 0.493 e. The van der Waals surface area contributed by atoms with Gasteiger partial charge in [0.15, 0.2) is 11.5 Å². The SMILES string of the molecule is COc1cc2nc(NCCN3CCc4sccc4C3)nc(N)c2cc1OC. The van der Waals surface area contributed by atoms with E-state index in [2.05, 4.69) is 31.6 Å². The molecule has 3 heterocycles. The minimum atomic E-state index is 0.421. The summed E-state index contributed by atoms with van der Waals surface area (Å²) >= 11 is 1.86. The van der Waals surface area contributed by atoms with Crippen molar-refractivity contribution in [1.82, 2.24) is 14.9 Å². The second-order valence-corrected chi connectivity index (χ2v) is 7.48. The van der Waals surface area contributed by atoms with Crippen LogP contribution in [0.2, 0.25) is 0 Å². The fourth-order valence-electron chi connectivity index (χ4n) is 3.38. The lowest BCUT2D eigenvalue weighted by Crippen LogP contribution is -2.33. The van der Waals surface area contributed by atoms with Crippen molar-refractivity contribution in [1.29, 1.82) is 0 Å². The molecular formula is C19H23N5O2S. The molecule has 8 heteroatoms. The molecule has 3 aromatic rings. The fraction of sp³-hybridized carbons (Fsp3) is 0.368. The third-order valence-corrected chi connectivity index (χ3v) is 5.85. The molecule has 0 saturated heterocycles. The Labute approximate surface area is 162 Å². The Hall–Kier alpha value is -2.58. The van der Waals surface area contributed by atoms with Gasteiger partial charge in [-0.15, -0.1) is 11.3 Å². The monoisotopic (exact) mass is 385 g/mol. The molecule has 0 amide bonds. The lowest BCUT2D eigenvalue weighted by atomic mass is 10.1. The summed E-state index contributed by atoms with van der Waals surface area (Å²) in [5, 5.41) is 6.23. The third-order valence-electron chi connectivity index (χ3n) is 4.83. The first-order chi connectivity index (χ1) is 13.2. The van der Waals surface area contributed by atoms with Crippen molar-refractivity contribution in [2.24, 2.45) is 0 Å². The van der Waals surface area contributed by atoms with E-state index in [1.807, 2.05) is 17.4 Å². The molecule has 0 bridgehead atoms. The Kier molecular flexibility index (Phi) is 5.00. The zero-order valence-electron chi connectivity index (χ0n) is 15.5. The van der Waals surface area contributed by atoms with Gasteiger partial charge in [-0.05, 0) is 29.5 Å². The predicted octanol–water partition coefficient (Wildman–Crippen LogP) is 2.76. The Bertz CT molecular complexity index is 959. The highest BCUT2D eigenvalue weighted by molar-refractivity contribution is 7.10. The van der Waals surface area contributed by atoms with Gasteiger partial charge in [0, 0.05) is 42.5 Å². The van der Waals surface area contributed by atoms with Gasteiger partial charge in [0.05, 0.1) is 19.7 Å². The van der Waals surface area contributed by atoms with E-state index in [1.165, 1.54) is 10.4 Å². The van der Waals surface area contributed by atoms with Crippen LogP contribution in [0.1, 0.15) is 10.4 Å². The Balaban J connectivity index is 1.44. The fourth-order valence-corrected chi connectivity index (χ4v) is 4.27. The molecule has 0 unspecified atom stereocenters. The van der Waals surface area contributed by atoms with Crippen molar-refractivity contribution >= 4 is 34.0 Å². The lowest BCUT2D eigenvalue weighted by Gasteiger charge is -2.26. The standard InChI is InChI=1S/C19H23N5O2S/c1-25-15-9-13-14(10-16(15)26-2)22-19(23-18(13)20)21-5-7-24-6-3-17-12(11-24)4-8-27-17/h4,8-10H,3,5-7,11H2,1-2H3,(H3,20,21,22,23). The van der Waals surface area contributed by atoms with E-state index in [-0.39, 0.29) is 0 Å². The van der Waals surface area contributed by atoms with Gasteiger partial charge in [0.1, 0.15) is 5.82 Å². The summed E-state index contributed by atoms with van der Waals surface area (Å²) in [5.74, 6) is 2.18.